The van der Waals surface area contributed by atoms with Crippen LogP contribution in [-0.4, -0.2) is 18.7 Å². The second kappa shape index (κ2) is 5.95. The largest absolute Gasteiger partial charge is 0.497 e. The summed E-state index contributed by atoms with van der Waals surface area (Å²) in [5.74, 6) is 1.72. The third-order valence-corrected chi connectivity index (χ3v) is 3.95. The average molecular weight is 312 g/mol. The Morgan fingerprint density at radius 1 is 1.09 bits per heavy atom. The Balaban J connectivity index is 1.74. The van der Waals surface area contributed by atoms with Crippen LogP contribution in [0.3, 0.4) is 0 Å². The van der Waals surface area contributed by atoms with Gasteiger partial charge in [-0.3, -0.25) is 0 Å². The van der Waals surface area contributed by atoms with Gasteiger partial charge in [0.2, 0.25) is 0 Å². The molecule has 120 valence electrons. The molecule has 0 fully saturated rings. The molecule has 0 radical (unpaired) electrons. The molecule has 4 heteroatoms. The molecule has 0 amide bonds. The van der Waals surface area contributed by atoms with Gasteiger partial charge in [0.15, 0.2) is 0 Å². The number of ether oxygens (including phenoxy) is 3. The van der Waals surface area contributed by atoms with Gasteiger partial charge in [-0.2, -0.15) is 0 Å². The fourth-order valence-corrected chi connectivity index (χ4v) is 2.59. The minimum Gasteiger partial charge on any atom is -0.497 e. The van der Waals surface area contributed by atoms with E-state index in [9.17, 15) is 4.79 Å². The molecule has 0 aromatic heterocycles. The van der Waals surface area contributed by atoms with Crippen molar-refractivity contribution in [2.45, 2.75) is 32.3 Å². The molecule has 23 heavy (non-hydrogen) atoms. The lowest BCUT2D eigenvalue weighted by molar-refractivity contribution is 0.0727. The first-order chi connectivity index (χ1) is 11.0. The molecule has 2 aromatic rings. The van der Waals surface area contributed by atoms with Gasteiger partial charge in [0, 0.05) is 0 Å². The highest BCUT2D eigenvalue weighted by Crippen LogP contribution is 2.35. The van der Waals surface area contributed by atoms with Crippen LogP contribution in [0.1, 0.15) is 36.2 Å². The third-order valence-electron chi connectivity index (χ3n) is 3.95. The number of hydrogen-bond acceptors (Lipinski definition) is 4. The Hall–Kier alpha value is -2.49. The number of carbonyl (C=O) groups is 1. The number of esters is 1. The molecule has 0 aliphatic carbocycles. The van der Waals surface area contributed by atoms with Crippen molar-refractivity contribution >= 4 is 5.97 Å². The van der Waals surface area contributed by atoms with E-state index in [1.54, 1.807) is 37.4 Å². The first kappa shape index (κ1) is 15.4. The van der Waals surface area contributed by atoms with Crippen LogP contribution in [0.4, 0.5) is 0 Å². The van der Waals surface area contributed by atoms with Crippen molar-refractivity contribution in [1.29, 1.82) is 0 Å². The second-order valence-corrected chi connectivity index (χ2v) is 6.25. The summed E-state index contributed by atoms with van der Waals surface area (Å²) < 4.78 is 16.5. The van der Waals surface area contributed by atoms with E-state index in [4.69, 9.17) is 14.2 Å². The molecule has 0 atom stereocenters. The van der Waals surface area contributed by atoms with Crippen molar-refractivity contribution in [3.8, 4) is 17.2 Å². The molecule has 3 rings (SSSR count). The Bertz CT molecular complexity index is 717. The lowest BCUT2D eigenvalue weighted by Gasteiger charge is -2.32. The Morgan fingerprint density at radius 3 is 2.48 bits per heavy atom. The summed E-state index contributed by atoms with van der Waals surface area (Å²) in [5, 5.41) is 0. The van der Waals surface area contributed by atoms with Crippen molar-refractivity contribution < 1.29 is 19.0 Å². The van der Waals surface area contributed by atoms with Gasteiger partial charge in [-0.25, -0.2) is 4.79 Å². The maximum absolute atomic E-state index is 12.2. The number of carbonyl (C=O) groups excluding carboxylic acids is 1. The number of aryl methyl sites for hydroxylation is 1. The highest BCUT2D eigenvalue weighted by Gasteiger charge is 2.26. The molecule has 0 bridgehead atoms. The normalized spacial score (nSPS) is 15.3. The molecule has 0 unspecified atom stereocenters. The summed E-state index contributed by atoms with van der Waals surface area (Å²) >= 11 is 0. The molecule has 0 N–H and O–H groups in total. The molecular formula is C19H20O4. The van der Waals surface area contributed by atoms with Crippen LogP contribution < -0.4 is 14.2 Å². The van der Waals surface area contributed by atoms with Crippen LogP contribution in [0.2, 0.25) is 0 Å². The van der Waals surface area contributed by atoms with E-state index in [1.165, 1.54) is 0 Å². The molecule has 4 nitrogen and oxygen atoms in total. The number of benzene rings is 2. The molecular weight excluding hydrogens is 292 g/mol. The lowest BCUT2D eigenvalue weighted by atomic mass is 9.94. The lowest BCUT2D eigenvalue weighted by Crippen LogP contribution is -2.32. The van der Waals surface area contributed by atoms with E-state index in [1.807, 2.05) is 12.1 Å². The van der Waals surface area contributed by atoms with Crippen LogP contribution in [0.5, 0.6) is 17.2 Å². The van der Waals surface area contributed by atoms with Gasteiger partial charge in [0.25, 0.3) is 0 Å². The smallest absolute Gasteiger partial charge is 0.343 e. The second-order valence-electron chi connectivity index (χ2n) is 6.25. The molecule has 0 spiro atoms. The van der Waals surface area contributed by atoms with Gasteiger partial charge in [-0.05, 0) is 74.7 Å². The van der Waals surface area contributed by atoms with E-state index in [2.05, 4.69) is 13.8 Å². The van der Waals surface area contributed by atoms with E-state index < -0.39 is 0 Å². The molecule has 1 heterocycles. The van der Waals surface area contributed by atoms with Crippen LogP contribution >= 0.6 is 0 Å². The zero-order chi connectivity index (χ0) is 16.4. The topological polar surface area (TPSA) is 44.8 Å². The van der Waals surface area contributed by atoms with Crippen molar-refractivity contribution in [2.24, 2.45) is 0 Å². The summed E-state index contributed by atoms with van der Waals surface area (Å²) in [6.45, 7) is 4.15. The molecule has 0 saturated heterocycles. The highest BCUT2D eigenvalue weighted by atomic mass is 16.5. The van der Waals surface area contributed by atoms with Gasteiger partial charge >= 0.3 is 5.97 Å². The average Bonchev–Trinajstić information content (AvgIpc) is 2.54. The molecule has 1 aliphatic rings. The van der Waals surface area contributed by atoms with E-state index >= 15 is 0 Å². The fourth-order valence-electron chi connectivity index (χ4n) is 2.59. The van der Waals surface area contributed by atoms with Crippen molar-refractivity contribution in [3.05, 3.63) is 53.6 Å². The van der Waals surface area contributed by atoms with Crippen LogP contribution in [0.25, 0.3) is 0 Å². The summed E-state index contributed by atoms with van der Waals surface area (Å²) in [7, 11) is 1.59. The van der Waals surface area contributed by atoms with Crippen LogP contribution in [0, 0.1) is 0 Å². The van der Waals surface area contributed by atoms with Crippen molar-refractivity contribution in [3.63, 3.8) is 0 Å². The predicted octanol–water partition coefficient (Wildman–Crippen LogP) is 4.02. The van der Waals surface area contributed by atoms with Crippen molar-refractivity contribution in [2.75, 3.05) is 7.11 Å². The summed E-state index contributed by atoms with van der Waals surface area (Å²) in [5.41, 5.74) is 1.42. The van der Waals surface area contributed by atoms with E-state index in [-0.39, 0.29) is 11.6 Å². The van der Waals surface area contributed by atoms with Gasteiger partial charge in [0.1, 0.15) is 22.8 Å². The summed E-state index contributed by atoms with van der Waals surface area (Å²) in [6, 6.07) is 12.4. The first-order valence-corrected chi connectivity index (χ1v) is 7.65. The summed E-state index contributed by atoms with van der Waals surface area (Å²) in [4.78, 5) is 12.2. The quantitative estimate of drug-likeness (QED) is 0.634. The minimum atomic E-state index is -0.385. The summed E-state index contributed by atoms with van der Waals surface area (Å²) in [6.07, 6.45) is 1.85. The minimum absolute atomic E-state index is 0.145. The maximum atomic E-state index is 12.2. The van der Waals surface area contributed by atoms with Gasteiger partial charge in [-0.15, -0.1) is 0 Å². The SMILES string of the molecule is COc1ccc(C(=O)Oc2ccc3c(c2)CCC(C)(C)O3)cc1. The zero-order valence-electron chi connectivity index (χ0n) is 13.6. The third kappa shape index (κ3) is 3.47. The number of fused-ring (bicyclic) bond motifs is 1. The van der Waals surface area contributed by atoms with Crippen LogP contribution in [-0.2, 0) is 6.42 Å². The Morgan fingerprint density at radius 2 is 1.78 bits per heavy atom. The fraction of sp³-hybridized carbons (Fsp3) is 0.316. The standard InChI is InChI=1S/C19H20O4/c1-19(2)11-10-14-12-16(8-9-17(14)23-19)22-18(20)13-4-6-15(21-3)7-5-13/h4-9,12H,10-11H2,1-3H3. The van der Waals surface area contributed by atoms with Gasteiger partial charge in [-0.1, -0.05) is 0 Å². The highest BCUT2D eigenvalue weighted by molar-refractivity contribution is 5.91. The number of rotatable bonds is 3. The molecule has 1 aliphatic heterocycles. The first-order valence-electron chi connectivity index (χ1n) is 7.65. The van der Waals surface area contributed by atoms with E-state index in [0.717, 1.165) is 24.2 Å². The van der Waals surface area contributed by atoms with Gasteiger partial charge in [0.05, 0.1) is 12.7 Å². The number of hydrogen-bond donors (Lipinski definition) is 0. The predicted molar refractivity (Wildman–Crippen MR) is 87.4 cm³/mol. The Kier molecular flexibility index (Phi) is 3.99. The van der Waals surface area contributed by atoms with Crippen LogP contribution in [0.15, 0.2) is 42.5 Å². The van der Waals surface area contributed by atoms with Gasteiger partial charge < -0.3 is 14.2 Å². The number of methoxy groups -OCH3 is 1. The Labute approximate surface area is 136 Å². The van der Waals surface area contributed by atoms with Crippen molar-refractivity contribution in [1.82, 2.24) is 0 Å². The molecule has 2 aromatic carbocycles. The molecule has 0 saturated carbocycles. The van der Waals surface area contributed by atoms with E-state index in [0.29, 0.717) is 17.1 Å². The maximum Gasteiger partial charge on any atom is 0.343 e. The monoisotopic (exact) mass is 312 g/mol. The zero-order valence-corrected chi connectivity index (χ0v) is 13.6.